The minimum absolute atomic E-state index is 0. The zero-order valence-corrected chi connectivity index (χ0v) is 69.7. The van der Waals surface area contributed by atoms with Crippen LogP contribution in [0.1, 0.15) is 295 Å². The van der Waals surface area contributed by atoms with Gasteiger partial charge in [-0.05, 0) is 158 Å². The molecule has 31 nitrogen and oxygen atoms in total. The molecule has 12 atom stereocenters. The Kier molecular flexibility index (Phi) is 106. The summed E-state index contributed by atoms with van der Waals surface area (Å²) in [6.45, 7) is 12.3. The highest BCUT2D eigenvalue weighted by molar-refractivity contribution is 7.82. The largest absolute Gasteiger partial charge is 0.462 e. The van der Waals surface area contributed by atoms with E-state index in [1.54, 1.807) is 42.5 Å². The summed E-state index contributed by atoms with van der Waals surface area (Å²) in [6.07, 6.45) is -46.6. The van der Waals surface area contributed by atoms with Gasteiger partial charge in [0.25, 0.3) is 0 Å². The van der Waals surface area contributed by atoms with Crippen LogP contribution in [0.25, 0.3) is 42.5 Å². The third-order valence-corrected chi connectivity index (χ3v) is 16.4. The van der Waals surface area contributed by atoms with Crippen molar-refractivity contribution in [3.05, 3.63) is 199 Å². The van der Waals surface area contributed by atoms with Gasteiger partial charge in [-0.1, -0.05) is 282 Å². The van der Waals surface area contributed by atoms with Crippen LogP contribution in [0.5, 0.6) is 0 Å². The summed E-state index contributed by atoms with van der Waals surface area (Å²) in [5.41, 5.74) is 30.1. The van der Waals surface area contributed by atoms with Crippen LogP contribution in [0.3, 0.4) is 0 Å². The maximum absolute atomic E-state index is 13.5. The van der Waals surface area contributed by atoms with E-state index in [-0.39, 0.29) is 193 Å². The van der Waals surface area contributed by atoms with E-state index in [1.165, 1.54) is 132 Å². The number of nitrogens with one attached hydrogen (secondary N) is 1. The topological polar surface area (TPSA) is 460 Å². The second-order valence-corrected chi connectivity index (χ2v) is 31.6. The smallest absolute Gasteiger partial charge is 0.418 e. The van der Waals surface area contributed by atoms with E-state index in [0.29, 0.717) is 0 Å². The number of hydrogen-bond acceptors (Lipinski definition) is 24. The molecule has 5 aromatic rings. The van der Waals surface area contributed by atoms with E-state index < -0.39 is 206 Å². The SMILES string of the molecule is C.C.C.C.C.C.C.C.C.C.C.C.C.C.C.C.C.C.C.C.C.C.CC(C)(C)O[C@H]([C@@H](CO)N=[N+]=[N-])C(F)(F)F.CC(C)(C)O[C@H]([C@@H](CO)NC(=O)OCC1c2ccccc2-c2ccccc21)C(F)(F)F.CC(C)(C)O[C@H]([C@@H](COC(=O)c1ccccc1)N=[N+]=[N-])C(F)(F)F.CC(C)(C)O[C@H]([C@H](N)CO)C(F)(F)F.O=C(OC[C@@H]1OS(=O)(=O)O[C@H]1C(F)(F)F)c1ccccc1.[N-]=[N+]=N[C@H](COC(=O)c1ccccc1)[C@@H](O)C(F)(F)F. The zero-order valence-electron chi connectivity index (χ0n) is 68.9. The monoisotopic (exact) mass is 2210 g/mol. The Hall–Kier alpha value is -10.0. The molecule has 148 heavy (non-hydrogen) atoms. The predicted octanol–water partition coefficient (Wildman–Crippen LogP) is 30.2. The quantitative estimate of drug-likeness (QED) is 0.00710. The molecule has 50 heteroatoms. The van der Waals surface area contributed by atoms with Crippen LogP contribution in [-0.2, 0) is 56.7 Å². The molecule has 0 bridgehead atoms. The first kappa shape index (κ1) is 189. The van der Waals surface area contributed by atoms with Gasteiger partial charge in [-0.15, -0.1) is 0 Å². The number of alkyl carbamates (subject to hydrolysis) is 1. The molecule has 0 radical (unpaired) electrons. The van der Waals surface area contributed by atoms with Crippen LogP contribution in [0.4, 0.5) is 83.8 Å². The van der Waals surface area contributed by atoms with Crippen molar-refractivity contribution >= 4 is 34.4 Å². The van der Waals surface area contributed by atoms with Gasteiger partial charge >= 0.3 is 71.5 Å². The van der Waals surface area contributed by atoms with Crippen molar-refractivity contribution in [1.82, 2.24) is 5.32 Å². The number of nitrogens with two attached hydrogens (primary N) is 1. The van der Waals surface area contributed by atoms with Gasteiger partial charge in [-0.2, -0.15) is 87.4 Å². The third-order valence-electron chi connectivity index (χ3n) is 15.5. The second-order valence-electron chi connectivity index (χ2n) is 30.4. The maximum atomic E-state index is 13.5. The predicted molar refractivity (Wildman–Crippen MR) is 558 cm³/mol. The second kappa shape index (κ2) is 82.7. The number of rotatable bonds is 27. The lowest BCUT2D eigenvalue weighted by atomic mass is 9.98. The Morgan fingerprint density at radius 2 is 0.662 bits per heavy atom. The highest BCUT2D eigenvalue weighted by Crippen LogP contribution is 2.45. The van der Waals surface area contributed by atoms with E-state index >= 15 is 0 Å². The van der Waals surface area contributed by atoms with Crippen LogP contribution in [-0.4, -0.2) is 231 Å². The molecule has 0 unspecified atom stereocenters. The molecule has 1 aliphatic carbocycles. The number of alkyl halides is 18. The van der Waals surface area contributed by atoms with Crippen molar-refractivity contribution in [2.75, 3.05) is 46.2 Å². The fourth-order valence-electron chi connectivity index (χ4n) is 10.4. The van der Waals surface area contributed by atoms with Crippen molar-refractivity contribution in [3.8, 4) is 11.1 Å². The molecule has 1 saturated heterocycles. The molecule has 1 aliphatic heterocycles. The first-order valence-electron chi connectivity index (χ1n) is 36.7. The lowest BCUT2D eigenvalue weighted by Gasteiger charge is -2.33. The van der Waals surface area contributed by atoms with Gasteiger partial charge in [-0.25, -0.2) is 27.5 Å². The van der Waals surface area contributed by atoms with Crippen LogP contribution in [0.15, 0.2) is 155 Å². The lowest BCUT2D eigenvalue weighted by Crippen LogP contribution is -2.55. The number of nitrogens with zero attached hydrogens (tertiary/aromatic N) is 9. The van der Waals surface area contributed by atoms with Gasteiger partial charge in [0, 0.05) is 20.7 Å². The number of carbonyl (C=O) groups excluding carboxylic acids is 4. The number of amides is 1. The van der Waals surface area contributed by atoms with Crippen molar-refractivity contribution in [2.24, 2.45) is 21.1 Å². The summed E-state index contributed by atoms with van der Waals surface area (Å²) >= 11 is 0. The standard InChI is InChI=1S/C23H26F3NO4.C15H18F3N3O3.C11H10F3N3O3.C11H9F3O6S.C8H14F3N3O2.C8H16F3NO2.22CH4/c1-22(2,3)31-20(23(24,25)26)19(12-28)27-21(29)30-13-18-16-10-6-4-8-14(16)15-9-5-7-11-17(15)18;1-14(2,3)24-12(15(16,17)18)11(20-21-19)9-23-13(22)10-7-5-4-6-8-10;12-11(13,14)9(18)8(16-17-15)6-20-10(19)7-4-2-1-3-5-7;12-11(13,14)9-8(19-21(16,17)20-9)6-18-10(15)7-4-2-1-3-5-7;1-7(2,3)16-6(8(9,10)11)5(4-15)13-14-12;1-7(2,3)14-6(5(12)4-13)8(9,10)11;;;;;;;;;;;;;;;;;;;;;;/h4-11,18-20,28H,12-13H2,1-3H3,(H,27,29);4-8,11-12H,9H2,1-3H3;1-5,8-9,18H,6H2;1-5,8-9H,6H2;5-6,15H,4H2,1-3H3;5-6,13H,4,12H2,1-3H3;22*1H4/t19-,20-;11-,12-;8-,9-;8-,9+;2*5-,6-;;;;;;;;;;;;;;;;;;;;;;/m111011....................../s1. The number of carbonyl (C=O) groups is 4. The number of hydrogen-bond donors (Lipinski definition) is 6. The molecule has 1 amide bonds. The molecule has 880 valence electrons. The number of aliphatic hydroxyl groups is 4. The summed E-state index contributed by atoms with van der Waals surface area (Å²) in [7, 11) is -4.75. The molecule has 2 aliphatic rings. The minimum Gasteiger partial charge on any atom is -0.462 e. The summed E-state index contributed by atoms with van der Waals surface area (Å²) < 4.78 is 298. The molecule has 0 aromatic heterocycles. The van der Waals surface area contributed by atoms with E-state index in [9.17, 15) is 112 Å². The van der Waals surface area contributed by atoms with Gasteiger partial charge in [0.15, 0.2) is 30.5 Å². The maximum Gasteiger partial charge on any atom is 0.418 e. The number of aliphatic hydroxyl groups excluding tert-OH is 4. The first-order valence-corrected chi connectivity index (χ1v) is 38.0. The van der Waals surface area contributed by atoms with Crippen molar-refractivity contribution in [2.45, 2.75) is 385 Å². The van der Waals surface area contributed by atoms with Crippen molar-refractivity contribution in [1.29, 1.82) is 0 Å². The summed E-state index contributed by atoms with van der Waals surface area (Å²) in [4.78, 5) is 54.1. The van der Waals surface area contributed by atoms with Crippen LogP contribution in [0.2, 0.25) is 0 Å². The van der Waals surface area contributed by atoms with E-state index in [2.05, 4.69) is 53.2 Å². The number of halogens is 18. The van der Waals surface area contributed by atoms with Crippen molar-refractivity contribution < 1.29 is 173 Å². The Labute approximate surface area is 871 Å². The van der Waals surface area contributed by atoms with Gasteiger partial charge in [-0.3, -0.25) is 0 Å². The highest BCUT2D eigenvalue weighted by atomic mass is 32.3. The van der Waals surface area contributed by atoms with Gasteiger partial charge in [0.05, 0.1) is 77.0 Å². The van der Waals surface area contributed by atoms with Crippen molar-refractivity contribution in [3.63, 3.8) is 0 Å². The fourth-order valence-corrected chi connectivity index (χ4v) is 11.3. The number of fused-ring (bicyclic) bond motifs is 3. The van der Waals surface area contributed by atoms with Crippen LogP contribution >= 0.6 is 0 Å². The van der Waals surface area contributed by atoms with Gasteiger partial charge in [0.1, 0.15) is 44.6 Å². The fraction of sp³-hybridized carbons (Fsp3) is 0.653. The zero-order chi connectivity index (χ0) is 96.6. The number of esters is 3. The molecule has 1 fully saturated rings. The van der Waals surface area contributed by atoms with Crippen LogP contribution in [0, 0.1) is 0 Å². The summed E-state index contributed by atoms with van der Waals surface area (Å²) in [5, 5.41) is 46.7. The normalized spacial score (nSPS) is 14.5. The summed E-state index contributed by atoms with van der Waals surface area (Å²) in [6, 6.07) is 29.8. The molecule has 1 heterocycles. The van der Waals surface area contributed by atoms with E-state index in [0.717, 1.165) is 22.3 Å². The number of benzene rings is 5. The Morgan fingerprint density at radius 1 is 0.378 bits per heavy atom. The highest BCUT2D eigenvalue weighted by Gasteiger charge is 2.57. The molecule has 0 saturated carbocycles. The molecular weight excluding hydrogens is 2030 g/mol. The molecular formula is C98H181F18N11O20S. The average Bonchev–Trinajstić information content (AvgIpc) is 1.59. The van der Waals surface area contributed by atoms with Gasteiger partial charge in [0.2, 0.25) is 6.10 Å². The van der Waals surface area contributed by atoms with Gasteiger partial charge < -0.3 is 69.4 Å². The Bertz CT molecular complexity index is 4440. The van der Waals surface area contributed by atoms with E-state index in [4.69, 9.17) is 66.1 Å². The number of azide groups is 3. The Balaban J connectivity index is -0.0000000679. The third kappa shape index (κ3) is 69.4. The molecule has 7 N–H and O–H groups in total. The Morgan fingerprint density at radius 3 is 0.953 bits per heavy atom. The first-order chi connectivity index (χ1) is 57.8. The van der Waals surface area contributed by atoms with E-state index in [1.807, 2.05) is 48.5 Å². The molecule has 0 spiro atoms. The molecule has 5 aromatic carbocycles. The number of ether oxygens (including phenoxy) is 8. The lowest BCUT2D eigenvalue weighted by molar-refractivity contribution is -0.255. The average molecular weight is 2210 g/mol. The minimum atomic E-state index is -4.97. The van der Waals surface area contributed by atoms with Crippen LogP contribution < -0.4 is 11.1 Å². The summed E-state index contributed by atoms with van der Waals surface area (Å²) in [5.74, 6) is -2.82. The molecule has 7 rings (SSSR count).